The molecule has 21 heavy (non-hydrogen) atoms. The van der Waals surface area contributed by atoms with Crippen molar-refractivity contribution in [1.29, 1.82) is 0 Å². The summed E-state index contributed by atoms with van der Waals surface area (Å²) in [6.07, 6.45) is 4.51. The number of carbonyl (C=O) groups excluding carboxylic acids is 1. The van der Waals surface area contributed by atoms with Crippen molar-refractivity contribution in [1.82, 2.24) is 15.1 Å². The number of hydrogen-bond donors (Lipinski definition) is 2. The number of aliphatic carboxylic acids is 1. The Bertz CT molecular complexity index is 403. The Morgan fingerprint density at radius 3 is 2.52 bits per heavy atom. The first-order valence-corrected chi connectivity index (χ1v) is 8.12. The molecule has 6 heteroatoms. The van der Waals surface area contributed by atoms with Crippen molar-refractivity contribution in [3.63, 3.8) is 0 Å². The first-order valence-electron chi connectivity index (χ1n) is 8.12. The zero-order chi connectivity index (χ0) is 14.8. The van der Waals surface area contributed by atoms with Gasteiger partial charge in [-0.2, -0.15) is 0 Å². The van der Waals surface area contributed by atoms with E-state index < -0.39 is 5.97 Å². The molecule has 3 aliphatic rings. The van der Waals surface area contributed by atoms with Gasteiger partial charge in [-0.1, -0.05) is 0 Å². The molecule has 0 saturated carbocycles. The number of piperidine rings is 1. The number of carboxylic acid groups (broad SMARTS) is 1. The maximum atomic E-state index is 12.6. The van der Waals surface area contributed by atoms with Crippen LogP contribution in [-0.2, 0) is 9.59 Å². The normalized spacial score (nSPS) is 28.6. The molecule has 118 valence electrons. The van der Waals surface area contributed by atoms with Gasteiger partial charge in [0.25, 0.3) is 0 Å². The Hall–Kier alpha value is -1.14. The molecule has 3 fully saturated rings. The molecule has 3 saturated heterocycles. The third kappa shape index (κ3) is 3.21. The van der Waals surface area contributed by atoms with E-state index in [1.807, 2.05) is 4.90 Å². The van der Waals surface area contributed by atoms with E-state index in [0.29, 0.717) is 19.1 Å². The van der Waals surface area contributed by atoms with Crippen LogP contribution in [-0.4, -0.2) is 71.6 Å². The van der Waals surface area contributed by atoms with Crippen LogP contribution < -0.4 is 5.32 Å². The topological polar surface area (TPSA) is 72.9 Å². The first kappa shape index (κ1) is 14.8. The lowest BCUT2D eigenvalue weighted by Gasteiger charge is -2.43. The molecule has 6 nitrogen and oxygen atoms in total. The van der Waals surface area contributed by atoms with E-state index in [0.717, 1.165) is 45.3 Å². The highest BCUT2D eigenvalue weighted by Gasteiger charge is 2.41. The molecule has 0 aromatic carbocycles. The average molecular weight is 295 g/mol. The Morgan fingerprint density at radius 2 is 1.86 bits per heavy atom. The maximum absolute atomic E-state index is 12.6. The van der Waals surface area contributed by atoms with Crippen LogP contribution in [0.1, 0.15) is 32.1 Å². The minimum atomic E-state index is -0.760. The van der Waals surface area contributed by atoms with Gasteiger partial charge in [0.05, 0.1) is 12.5 Å². The van der Waals surface area contributed by atoms with Gasteiger partial charge in [-0.3, -0.25) is 14.5 Å². The van der Waals surface area contributed by atoms with Gasteiger partial charge in [0.2, 0.25) is 5.91 Å². The minimum Gasteiger partial charge on any atom is -0.481 e. The number of rotatable bonds is 4. The van der Waals surface area contributed by atoms with Crippen molar-refractivity contribution in [2.75, 3.05) is 32.7 Å². The predicted molar refractivity (Wildman–Crippen MR) is 77.9 cm³/mol. The monoisotopic (exact) mass is 295 g/mol. The summed E-state index contributed by atoms with van der Waals surface area (Å²) in [6, 6.07) is 0.581. The maximum Gasteiger partial charge on any atom is 0.303 e. The molecule has 0 aromatic heterocycles. The standard InChI is InChI=1S/C15H25N3O3/c19-14(20)8-11-9-17(10-11)15(21)13-2-1-7-18(13)12-3-5-16-6-4-12/h11-13,16H,1-10H2,(H,19,20). The van der Waals surface area contributed by atoms with Gasteiger partial charge < -0.3 is 15.3 Å². The molecule has 0 bridgehead atoms. The summed E-state index contributed by atoms with van der Waals surface area (Å²) in [6.45, 7) is 4.38. The smallest absolute Gasteiger partial charge is 0.303 e. The van der Waals surface area contributed by atoms with E-state index in [-0.39, 0.29) is 24.3 Å². The SMILES string of the molecule is O=C(O)CC1CN(C(=O)C2CCCN2C2CCNCC2)C1. The van der Waals surface area contributed by atoms with Crippen molar-refractivity contribution >= 4 is 11.9 Å². The Kier molecular flexibility index (Phi) is 4.45. The second kappa shape index (κ2) is 6.32. The summed E-state index contributed by atoms with van der Waals surface area (Å²) >= 11 is 0. The van der Waals surface area contributed by atoms with Crippen LogP contribution in [0.25, 0.3) is 0 Å². The fourth-order valence-corrected chi connectivity index (χ4v) is 3.97. The van der Waals surface area contributed by atoms with Crippen LogP contribution in [0.3, 0.4) is 0 Å². The third-order valence-electron chi connectivity index (χ3n) is 5.09. The van der Waals surface area contributed by atoms with Crippen molar-refractivity contribution in [3.8, 4) is 0 Å². The van der Waals surface area contributed by atoms with Crippen molar-refractivity contribution < 1.29 is 14.7 Å². The number of amides is 1. The molecular formula is C15H25N3O3. The van der Waals surface area contributed by atoms with E-state index >= 15 is 0 Å². The van der Waals surface area contributed by atoms with Gasteiger partial charge in [-0.15, -0.1) is 0 Å². The van der Waals surface area contributed by atoms with Gasteiger partial charge in [0, 0.05) is 25.0 Å². The second-order valence-corrected chi connectivity index (χ2v) is 6.58. The summed E-state index contributed by atoms with van der Waals surface area (Å²) in [5.41, 5.74) is 0. The fraction of sp³-hybridized carbons (Fsp3) is 0.867. The molecule has 3 aliphatic heterocycles. The zero-order valence-corrected chi connectivity index (χ0v) is 12.5. The van der Waals surface area contributed by atoms with E-state index in [9.17, 15) is 9.59 Å². The molecule has 1 atom stereocenters. The quantitative estimate of drug-likeness (QED) is 0.771. The van der Waals surface area contributed by atoms with Crippen LogP contribution in [0.15, 0.2) is 0 Å². The highest BCUT2D eigenvalue weighted by Crippen LogP contribution is 2.28. The van der Waals surface area contributed by atoms with Crippen LogP contribution in [0.5, 0.6) is 0 Å². The van der Waals surface area contributed by atoms with Crippen molar-refractivity contribution in [2.24, 2.45) is 5.92 Å². The predicted octanol–water partition coefficient (Wildman–Crippen LogP) is 0.136. The van der Waals surface area contributed by atoms with Crippen LogP contribution in [0.4, 0.5) is 0 Å². The molecule has 2 N–H and O–H groups in total. The molecule has 3 rings (SSSR count). The molecule has 0 aromatic rings. The highest BCUT2D eigenvalue weighted by atomic mass is 16.4. The summed E-state index contributed by atoms with van der Waals surface area (Å²) < 4.78 is 0. The summed E-state index contributed by atoms with van der Waals surface area (Å²) in [5.74, 6) is -0.378. The van der Waals surface area contributed by atoms with Gasteiger partial charge in [-0.25, -0.2) is 0 Å². The van der Waals surface area contributed by atoms with E-state index in [1.54, 1.807) is 0 Å². The molecule has 0 spiro atoms. The molecule has 1 amide bonds. The lowest BCUT2D eigenvalue weighted by atomic mass is 9.94. The van der Waals surface area contributed by atoms with Crippen LogP contribution >= 0.6 is 0 Å². The minimum absolute atomic E-state index is 0.0406. The van der Waals surface area contributed by atoms with Crippen LogP contribution in [0.2, 0.25) is 0 Å². The third-order valence-corrected chi connectivity index (χ3v) is 5.09. The van der Waals surface area contributed by atoms with Crippen molar-refractivity contribution in [2.45, 2.75) is 44.2 Å². The van der Waals surface area contributed by atoms with E-state index in [1.165, 1.54) is 0 Å². The van der Waals surface area contributed by atoms with E-state index in [2.05, 4.69) is 10.2 Å². The number of carbonyl (C=O) groups is 2. The number of carboxylic acids is 1. The largest absolute Gasteiger partial charge is 0.481 e. The number of hydrogen-bond acceptors (Lipinski definition) is 4. The lowest BCUT2D eigenvalue weighted by Crippen LogP contribution is -2.58. The van der Waals surface area contributed by atoms with Gasteiger partial charge in [0.1, 0.15) is 0 Å². The molecule has 0 aliphatic carbocycles. The number of nitrogens with zero attached hydrogens (tertiary/aromatic N) is 2. The molecule has 3 heterocycles. The van der Waals surface area contributed by atoms with Gasteiger partial charge >= 0.3 is 5.97 Å². The average Bonchev–Trinajstić information content (AvgIpc) is 2.92. The van der Waals surface area contributed by atoms with Gasteiger partial charge in [-0.05, 0) is 45.3 Å². The second-order valence-electron chi connectivity index (χ2n) is 6.58. The van der Waals surface area contributed by atoms with Crippen molar-refractivity contribution in [3.05, 3.63) is 0 Å². The Morgan fingerprint density at radius 1 is 1.14 bits per heavy atom. The van der Waals surface area contributed by atoms with Crippen LogP contribution in [0, 0.1) is 5.92 Å². The first-order chi connectivity index (χ1) is 10.1. The molecule has 1 unspecified atom stereocenters. The molecular weight excluding hydrogens is 270 g/mol. The Balaban J connectivity index is 1.53. The number of nitrogens with one attached hydrogen (secondary N) is 1. The summed E-state index contributed by atoms with van der Waals surface area (Å²) in [5, 5.41) is 12.2. The zero-order valence-electron chi connectivity index (χ0n) is 12.5. The summed E-state index contributed by atoms with van der Waals surface area (Å²) in [7, 11) is 0. The summed E-state index contributed by atoms with van der Waals surface area (Å²) in [4.78, 5) is 27.6. The highest BCUT2D eigenvalue weighted by molar-refractivity contribution is 5.83. The lowest BCUT2D eigenvalue weighted by molar-refractivity contribution is -0.148. The molecule has 0 radical (unpaired) electrons. The number of likely N-dealkylation sites (tertiary alicyclic amines) is 2. The van der Waals surface area contributed by atoms with E-state index in [4.69, 9.17) is 5.11 Å². The fourth-order valence-electron chi connectivity index (χ4n) is 3.97. The van der Waals surface area contributed by atoms with Gasteiger partial charge in [0.15, 0.2) is 0 Å². The Labute approximate surface area is 125 Å².